The number of thiazole rings is 1. The molecule has 14 heteroatoms. The number of hydrogen-bond donors (Lipinski definition) is 1. The number of ether oxygens (including phenoxy) is 1. The van der Waals surface area contributed by atoms with Crippen LogP contribution < -0.4 is 43.8 Å². The smallest absolute Gasteiger partial charge is 0.748 e. The van der Waals surface area contributed by atoms with Gasteiger partial charge in [-0.15, -0.1) is 0 Å². The van der Waals surface area contributed by atoms with E-state index in [-0.39, 0.29) is 48.2 Å². The second-order valence-electron chi connectivity index (χ2n) is 8.34. The summed E-state index contributed by atoms with van der Waals surface area (Å²) in [4.78, 5) is 2.96. The van der Waals surface area contributed by atoms with E-state index in [4.69, 9.17) is 9.29 Å². The van der Waals surface area contributed by atoms with Gasteiger partial charge in [-0.05, 0) is 37.1 Å². The van der Waals surface area contributed by atoms with Crippen molar-refractivity contribution < 1.29 is 64.8 Å². The maximum atomic E-state index is 11.3. The van der Waals surface area contributed by atoms with Gasteiger partial charge in [-0.25, -0.2) is 8.42 Å². The van der Waals surface area contributed by atoms with Gasteiger partial charge in [0.25, 0.3) is 15.1 Å². The molecule has 0 radical (unpaired) electrons. The van der Waals surface area contributed by atoms with Crippen LogP contribution in [0.15, 0.2) is 46.3 Å². The minimum absolute atomic E-state index is 0. The first kappa shape index (κ1) is 30.4. The second kappa shape index (κ2) is 12.3. The fraction of sp³-hybridized carbons (Fsp3) is 0.348. The third-order valence-electron chi connectivity index (χ3n) is 5.69. The van der Waals surface area contributed by atoms with Crippen molar-refractivity contribution in [1.29, 1.82) is 0 Å². The van der Waals surface area contributed by atoms with Crippen LogP contribution in [0, 0.1) is 6.92 Å². The van der Waals surface area contributed by atoms with E-state index in [0.29, 0.717) is 13.1 Å². The van der Waals surface area contributed by atoms with Gasteiger partial charge >= 0.3 is 29.6 Å². The zero-order chi connectivity index (χ0) is 26.1. The Hall–Kier alpha value is -1.16. The van der Waals surface area contributed by atoms with E-state index in [1.54, 1.807) is 18.4 Å². The van der Waals surface area contributed by atoms with Gasteiger partial charge < -0.3 is 14.2 Å². The molecule has 1 aliphatic heterocycles. The standard InChI is InChI=1S/C23H26N2O7S4.Na/c1-16-13-18-21(14-19(16)32-2)34-23(25(18)10-6-12-36(29,30)31)15-22-24(9-5-11-35(26,27)28)17-7-3-4-8-20(17)33-22;/h3-4,7-8,13-15H,5-6,9-12H2,1-2H3,(H-,26,27,28,29,30,31);/q;+1. The zero-order valence-corrected chi connectivity index (χ0v) is 26.0. The molecule has 0 amide bonds. The normalized spacial score (nSPS) is 14.7. The molecule has 0 fully saturated rings. The van der Waals surface area contributed by atoms with Crippen molar-refractivity contribution >= 4 is 65.3 Å². The first-order valence-corrected chi connectivity index (χ1v) is 15.9. The Balaban J connectivity index is 0.00000380. The van der Waals surface area contributed by atoms with Gasteiger partial charge in [-0.3, -0.25) is 4.55 Å². The van der Waals surface area contributed by atoms with Gasteiger partial charge in [0.05, 0.1) is 39.8 Å². The Morgan fingerprint density at radius 2 is 1.86 bits per heavy atom. The number of hydrogen-bond acceptors (Lipinski definition) is 9. The van der Waals surface area contributed by atoms with E-state index >= 15 is 0 Å². The molecule has 1 aliphatic rings. The van der Waals surface area contributed by atoms with Crippen molar-refractivity contribution in [2.75, 3.05) is 30.1 Å². The van der Waals surface area contributed by atoms with E-state index in [1.165, 1.54) is 11.8 Å². The Kier molecular flexibility index (Phi) is 10.1. The van der Waals surface area contributed by atoms with Gasteiger partial charge in [0.15, 0.2) is 6.54 Å². The number of methoxy groups -OCH3 is 1. The number of benzene rings is 2. The summed E-state index contributed by atoms with van der Waals surface area (Å²) in [6.07, 6.45) is 2.42. The summed E-state index contributed by atoms with van der Waals surface area (Å²) in [5.41, 5.74) is 2.79. The van der Waals surface area contributed by atoms with Crippen molar-refractivity contribution in [1.82, 2.24) is 0 Å². The molecule has 0 spiro atoms. The van der Waals surface area contributed by atoms with Crippen molar-refractivity contribution in [2.24, 2.45) is 0 Å². The minimum Gasteiger partial charge on any atom is -0.748 e. The molecule has 2 heterocycles. The van der Waals surface area contributed by atoms with Crippen LogP contribution in [0.2, 0.25) is 0 Å². The summed E-state index contributed by atoms with van der Waals surface area (Å²) in [5.74, 6) is -0.0496. The molecule has 0 unspecified atom stereocenters. The molecule has 194 valence electrons. The summed E-state index contributed by atoms with van der Waals surface area (Å²) < 4.78 is 73.8. The first-order valence-electron chi connectivity index (χ1n) is 11.1. The van der Waals surface area contributed by atoms with Gasteiger partial charge in [0, 0.05) is 29.7 Å². The summed E-state index contributed by atoms with van der Waals surface area (Å²) in [5, 5.41) is 1.74. The number of rotatable bonds is 10. The molecular formula is C23H26N2NaO7S4+. The number of nitrogens with zero attached hydrogens (tertiary/aromatic N) is 2. The SMILES string of the molecule is COc1cc2c(cc1C)N(CCCS(=O)(=O)[O-])C(=Cc1sc3ccccc3[n+]1CCCS(=O)(=O)O)S2.[Na+]. The van der Waals surface area contributed by atoms with Crippen LogP contribution in [-0.2, 0) is 26.8 Å². The largest absolute Gasteiger partial charge is 1.00 e. The molecule has 9 nitrogen and oxygen atoms in total. The van der Waals surface area contributed by atoms with Gasteiger partial charge in [-0.2, -0.15) is 13.0 Å². The Labute approximate surface area is 247 Å². The van der Waals surface area contributed by atoms with Crippen molar-refractivity contribution in [3.05, 3.63) is 52.0 Å². The van der Waals surface area contributed by atoms with Crippen LogP contribution in [-0.4, -0.2) is 51.1 Å². The van der Waals surface area contributed by atoms with Crippen LogP contribution >= 0.6 is 23.1 Å². The van der Waals surface area contributed by atoms with Crippen molar-refractivity contribution in [3.63, 3.8) is 0 Å². The van der Waals surface area contributed by atoms with E-state index in [0.717, 1.165) is 42.1 Å². The third kappa shape index (κ3) is 7.70. The summed E-state index contributed by atoms with van der Waals surface area (Å²) in [7, 11) is -6.79. The minimum atomic E-state index is -4.33. The molecule has 0 bridgehead atoms. The van der Waals surface area contributed by atoms with E-state index in [1.807, 2.05) is 58.9 Å². The molecule has 1 N–H and O–H groups in total. The number of aromatic nitrogens is 1. The average Bonchev–Trinajstić information content (AvgIpc) is 3.29. The quantitative estimate of drug-likeness (QED) is 0.205. The summed E-state index contributed by atoms with van der Waals surface area (Å²) in [6.45, 7) is 2.66. The fourth-order valence-corrected chi connectivity index (χ4v) is 7.40. The van der Waals surface area contributed by atoms with Crippen LogP contribution in [0.1, 0.15) is 23.4 Å². The van der Waals surface area contributed by atoms with E-state index in [9.17, 15) is 21.4 Å². The number of thioether (sulfide) groups is 1. The molecule has 0 aliphatic carbocycles. The predicted octanol–water partition coefficient (Wildman–Crippen LogP) is 0.634. The zero-order valence-electron chi connectivity index (χ0n) is 20.7. The molecule has 2 aromatic carbocycles. The monoisotopic (exact) mass is 593 g/mol. The molecule has 1 aromatic heterocycles. The van der Waals surface area contributed by atoms with Crippen LogP contribution in [0.5, 0.6) is 5.75 Å². The maximum absolute atomic E-state index is 11.3. The molecular weight excluding hydrogens is 568 g/mol. The van der Waals surface area contributed by atoms with Crippen LogP contribution in [0.3, 0.4) is 0 Å². The number of fused-ring (bicyclic) bond motifs is 2. The average molecular weight is 594 g/mol. The number of anilines is 1. The maximum Gasteiger partial charge on any atom is 1.00 e. The molecule has 0 saturated carbocycles. The Morgan fingerprint density at radius 3 is 2.54 bits per heavy atom. The van der Waals surface area contributed by atoms with Crippen LogP contribution in [0.4, 0.5) is 5.69 Å². The molecule has 3 aromatic rings. The van der Waals surface area contributed by atoms with Crippen molar-refractivity contribution in [3.8, 4) is 5.75 Å². The molecule has 37 heavy (non-hydrogen) atoms. The molecule has 0 atom stereocenters. The molecule has 4 rings (SSSR count). The van der Waals surface area contributed by atoms with E-state index < -0.39 is 26.0 Å². The molecule has 0 saturated heterocycles. The summed E-state index contributed by atoms with van der Waals surface area (Å²) >= 11 is 3.07. The van der Waals surface area contributed by atoms with E-state index in [2.05, 4.69) is 0 Å². The van der Waals surface area contributed by atoms with Gasteiger partial charge in [0.1, 0.15) is 10.4 Å². The third-order valence-corrected chi connectivity index (χ3v) is 9.49. The first-order chi connectivity index (χ1) is 16.9. The second-order valence-corrected chi connectivity index (χ2v) is 13.6. The van der Waals surface area contributed by atoms with Crippen molar-refractivity contribution in [2.45, 2.75) is 31.2 Å². The van der Waals surface area contributed by atoms with Crippen LogP contribution in [0.25, 0.3) is 16.3 Å². The number of aryl methyl sites for hydroxylation is 2. The van der Waals surface area contributed by atoms with Gasteiger partial charge in [-0.1, -0.05) is 35.2 Å². The number of para-hydroxylation sites is 1. The Bertz CT molecular complexity index is 1540. The predicted molar refractivity (Wildman–Crippen MR) is 141 cm³/mol. The topological polar surface area (TPSA) is 128 Å². The Morgan fingerprint density at radius 1 is 1.14 bits per heavy atom. The summed E-state index contributed by atoms with van der Waals surface area (Å²) in [6, 6.07) is 11.7. The fourth-order valence-electron chi connectivity index (χ4n) is 4.09. The van der Waals surface area contributed by atoms with Gasteiger partial charge in [0.2, 0.25) is 5.52 Å².